The van der Waals surface area contributed by atoms with Gasteiger partial charge in [-0.25, -0.2) is 13.6 Å². The van der Waals surface area contributed by atoms with Gasteiger partial charge in [-0.1, -0.05) is 18.2 Å². The molecule has 2 aromatic rings. The fraction of sp³-hybridized carbons (Fsp3) is 0.0625. The molecule has 2 rings (SSSR count). The molecule has 0 saturated carbocycles. The summed E-state index contributed by atoms with van der Waals surface area (Å²) in [4.78, 5) is 11.7. The van der Waals surface area contributed by atoms with Gasteiger partial charge in [0.05, 0.1) is 10.5 Å². The summed E-state index contributed by atoms with van der Waals surface area (Å²) in [6.45, 7) is 0. The van der Waals surface area contributed by atoms with E-state index in [0.717, 1.165) is 18.2 Å². The number of rotatable bonds is 4. The summed E-state index contributed by atoms with van der Waals surface area (Å²) in [6, 6.07) is 9.77. The third-order valence-corrected chi connectivity index (χ3v) is 3.98. The van der Waals surface area contributed by atoms with Gasteiger partial charge >= 0.3 is 6.18 Å². The maximum Gasteiger partial charge on any atom is 0.416 e. The van der Waals surface area contributed by atoms with Crippen LogP contribution in [-0.4, -0.2) is 14.3 Å². The van der Waals surface area contributed by atoms with Gasteiger partial charge in [0.1, 0.15) is 0 Å². The minimum atomic E-state index is -4.47. The second-order valence-corrected chi connectivity index (χ2v) is 6.58. The number of carbonyl (C=O) groups excluding carboxylic acids is 1. The molecule has 0 atom stereocenters. The summed E-state index contributed by atoms with van der Waals surface area (Å²) in [5.74, 6) is -0.635. The Balaban J connectivity index is 2.12. The second-order valence-electron chi connectivity index (χ2n) is 5.02. The lowest BCUT2D eigenvalue weighted by atomic mass is 10.1. The molecule has 2 aromatic carbocycles. The number of nitrogens with two attached hydrogens (primary N) is 1. The van der Waals surface area contributed by atoms with E-state index in [2.05, 4.69) is 5.32 Å². The molecule has 9 heteroatoms. The van der Waals surface area contributed by atoms with E-state index in [1.54, 1.807) is 0 Å². The molecule has 0 bridgehead atoms. The average Bonchev–Trinajstić information content (AvgIpc) is 2.52. The van der Waals surface area contributed by atoms with Crippen molar-refractivity contribution in [3.8, 4) is 0 Å². The summed E-state index contributed by atoms with van der Waals surface area (Å²) >= 11 is 0. The van der Waals surface area contributed by atoms with Crippen LogP contribution in [0.4, 0.5) is 18.9 Å². The zero-order chi connectivity index (χ0) is 18.7. The Labute approximate surface area is 142 Å². The van der Waals surface area contributed by atoms with Crippen LogP contribution in [0, 0.1) is 0 Å². The van der Waals surface area contributed by atoms with Crippen molar-refractivity contribution in [2.24, 2.45) is 5.14 Å². The van der Waals surface area contributed by atoms with Gasteiger partial charge < -0.3 is 5.32 Å². The van der Waals surface area contributed by atoms with Crippen LogP contribution in [0.5, 0.6) is 0 Å². The van der Waals surface area contributed by atoms with Gasteiger partial charge in [0, 0.05) is 11.8 Å². The van der Waals surface area contributed by atoms with Crippen molar-refractivity contribution in [1.82, 2.24) is 0 Å². The monoisotopic (exact) mass is 370 g/mol. The first kappa shape index (κ1) is 18.7. The minimum absolute atomic E-state index is 0.174. The first-order chi connectivity index (χ1) is 11.6. The van der Waals surface area contributed by atoms with E-state index in [-0.39, 0.29) is 16.1 Å². The number of carbonyl (C=O) groups is 1. The van der Waals surface area contributed by atoms with Gasteiger partial charge in [0.25, 0.3) is 0 Å². The van der Waals surface area contributed by atoms with Gasteiger partial charge in [-0.05, 0) is 42.0 Å². The van der Waals surface area contributed by atoms with E-state index in [1.807, 2.05) is 0 Å². The Morgan fingerprint density at radius 1 is 1.08 bits per heavy atom. The Kier molecular flexibility index (Phi) is 5.29. The number of hydrogen-bond acceptors (Lipinski definition) is 3. The van der Waals surface area contributed by atoms with Crippen LogP contribution in [0.1, 0.15) is 11.1 Å². The van der Waals surface area contributed by atoms with Gasteiger partial charge in [-0.3, -0.25) is 4.79 Å². The first-order valence-corrected chi connectivity index (χ1v) is 8.39. The number of primary sulfonamides is 1. The van der Waals surface area contributed by atoms with Gasteiger partial charge in [-0.2, -0.15) is 13.2 Å². The molecule has 0 unspecified atom stereocenters. The van der Waals surface area contributed by atoms with E-state index in [0.29, 0.717) is 0 Å². The number of benzene rings is 2. The third-order valence-electron chi connectivity index (χ3n) is 3.07. The standard InChI is InChI=1S/C16H13F3N2O3S/c17-16(18,19)12-4-1-3-11(9-12)7-8-15(22)21-13-5-2-6-14(10-13)25(20,23)24/h1-10H,(H,21,22)(H2,20,23,24). The molecule has 0 aliphatic heterocycles. The number of halogens is 3. The van der Waals surface area contributed by atoms with E-state index >= 15 is 0 Å². The van der Waals surface area contributed by atoms with Crippen LogP contribution in [0.2, 0.25) is 0 Å². The quantitative estimate of drug-likeness (QED) is 0.811. The molecule has 0 aliphatic rings. The van der Waals surface area contributed by atoms with Crippen LogP contribution >= 0.6 is 0 Å². The molecule has 1 amide bonds. The number of nitrogens with one attached hydrogen (secondary N) is 1. The molecule has 0 spiro atoms. The van der Waals surface area contributed by atoms with Gasteiger partial charge in [0.2, 0.25) is 15.9 Å². The van der Waals surface area contributed by atoms with Crippen LogP contribution < -0.4 is 10.5 Å². The molecule has 132 valence electrons. The number of amides is 1. The highest BCUT2D eigenvalue weighted by Gasteiger charge is 2.30. The van der Waals surface area contributed by atoms with Crippen molar-refractivity contribution in [3.05, 3.63) is 65.7 Å². The highest BCUT2D eigenvalue weighted by Crippen LogP contribution is 2.29. The van der Waals surface area contributed by atoms with Crippen molar-refractivity contribution < 1.29 is 26.4 Å². The lowest BCUT2D eigenvalue weighted by Crippen LogP contribution is -2.13. The van der Waals surface area contributed by atoms with Crippen molar-refractivity contribution in [3.63, 3.8) is 0 Å². The van der Waals surface area contributed by atoms with Crippen molar-refractivity contribution in [2.75, 3.05) is 5.32 Å². The zero-order valence-electron chi connectivity index (χ0n) is 12.6. The normalized spacial score (nSPS) is 12.3. The molecule has 0 radical (unpaired) electrons. The predicted octanol–water partition coefficient (Wildman–Crippen LogP) is 3.00. The lowest BCUT2D eigenvalue weighted by molar-refractivity contribution is -0.137. The van der Waals surface area contributed by atoms with Gasteiger partial charge in [-0.15, -0.1) is 0 Å². The molecule has 0 heterocycles. The zero-order valence-corrected chi connectivity index (χ0v) is 13.4. The minimum Gasteiger partial charge on any atom is -0.322 e. The Bertz CT molecular complexity index is 922. The van der Waals surface area contributed by atoms with E-state index in [9.17, 15) is 26.4 Å². The molecule has 3 N–H and O–H groups in total. The molecule has 0 aliphatic carbocycles. The summed E-state index contributed by atoms with van der Waals surface area (Å²) < 4.78 is 60.4. The number of sulfonamides is 1. The summed E-state index contributed by atoms with van der Waals surface area (Å²) in [7, 11) is -3.91. The average molecular weight is 370 g/mol. The van der Waals surface area contributed by atoms with Crippen LogP contribution in [0.3, 0.4) is 0 Å². The SMILES string of the molecule is NS(=O)(=O)c1cccc(NC(=O)C=Cc2cccc(C(F)(F)F)c2)c1. The third kappa shape index (κ3) is 5.44. The van der Waals surface area contributed by atoms with Crippen LogP contribution in [0.25, 0.3) is 6.08 Å². The second kappa shape index (κ2) is 7.08. The molecule has 25 heavy (non-hydrogen) atoms. The first-order valence-electron chi connectivity index (χ1n) is 6.85. The Morgan fingerprint density at radius 3 is 2.40 bits per heavy atom. The molecule has 0 saturated heterocycles. The van der Waals surface area contributed by atoms with Crippen molar-refractivity contribution in [1.29, 1.82) is 0 Å². The number of alkyl halides is 3. The molecule has 5 nitrogen and oxygen atoms in total. The fourth-order valence-corrected chi connectivity index (χ4v) is 2.48. The highest BCUT2D eigenvalue weighted by molar-refractivity contribution is 7.89. The van der Waals surface area contributed by atoms with E-state index < -0.39 is 27.7 Å². The van der Waals surface area contributed by atoms with E-state index in [1.165, 1.54) is 42.5 Å². The van der Waals surface area contributed by atoms with Gasteiger partial charge in [0.15, 0.2) is 0 Å². The Morgan fingerprint density at radius 2 is 1.76 bits per heavy atom. The number of hydrogen-bond donors (Lipinski definition) is 2. The molecule has 0 fully saturated rings. The highest BCUT2D eigenvalue weighted by atomic mass is 32.2. The van der Waals surface area contributed by atoms with Crippen molar-refractivity contribution >= 4 is 27.7 Å². The van der Waals surface area contributed by atoms with Crippen LogP contribution in [0.15, 0.2) is 59.5 Å². The topological polar surface area (TPSA) is 89.3 Å². The largest absolute Gasteiger partial charge is 0.416 e. The molecular weight excluding hydrogens is 357 g/mol. The van der Waals surface area contributed by atoms with Crippen molar-refractivity contribution in [2.45, 2.75) is 11.1 Å². The summed E-state index contributed by atoms with van der Waals surface area (Å²) in [5, 5.41) is 7.40. The van der Waals surface area contributed by atoms with E-state index in [4.69, 9.17) is 5.14 Å². The fourth-order valence-electron chi connectivity index (χ4n) is 1.93. The van der Waals surface area contributed by atoms with Crippen LogP contribution in [-0.2, 0) is 21.0 Å². The summed E-state index contributed by atoms with van der Waals surface area (Å²) in [5.41, 5.74) is -0.440. The maximum atomic E-state index is 12.6. The maximum absolute atomic E-state index is 12.6. The number of anilines is 1. The Hall–Kier alpha value is -2.65. The summed E-state index contributed by atoms with van der Waals surface area (Å²) in [6.07, 6.45) is -2.21. The lowest BCUT2D eigenvalue weighted by Gasteiger charge is -2.07. The smallest absolute Gasteiger partial charge is 0.322 e. The predicted molar refractivity (Wildman–Crippen MR) is 86.9 cm³/mol. The molecule has 0 aromatic heterocycles. The molecular formula is C16H13F3N2O3S.